The van der Waals surface area contributed by atoms with Crippen LogP contribution in [0.2, 0.25) is 0 Å². The highest BCUT2D eigenvalue weighted by atomic mass is 32.1. The van der Waals surface area contributed by atoms with E-state index in [2.05, 4.69) is 22.6 Å². The van der Waals surface area contributed by atoms with Crippen LogP contribution in [0.25, 0.3) is 10.2 Å². The molecule has 0 spiro atoms. The van der Waals surface area contributed by atoms with Crippen molar-refractivity contribution in [2.24, 2.45) is 0 Å². The molecule has 0 bridgehead atoms. The van der Waals surface area contributed by atoms with E-state index in [9.17, 15) is 0 Å². The van der Waals surface area contributed by atoms with Crippen LogP contribution in [0.5, 0.6) is 0 Å². The van der Waals surface area contributed by atoms with Crippen LogP contribution in [0.1, 0.15) is 0 Å². The van der Waals surface area contributed by atoms with Gasteiger partial charge in [-0.2, -0.15) is 0 Å². The van der Waals surface area contributed by atoms with Crippen LogP contribution in [0, 0.1) is 0 Å². The largest absolute Gasteiger partial charge is 0.245 e. The van der Waals surface area contributed by atoms with E-state index in [4.69, 9.17) is 0 Å². The molecule has 0 unspecified atom stereocenters. The molecule has 0 aliphatic rings. The number of hydrogen-bond acceptors (Lipinski definition) is 2. The molecule has 0 fully saturated rings. The van der Waals surface area contributed by atoms with Crippen LogP contribution in [-0.4, -0.2) is 4.98 Å². The van der Waals surface area contributed by atoms with E-state index < -0.39 is 0 Å². The van der Waals surface area contributed by atoms with Crippen molar-refractivity contribution in [1.29, 1.82) is 0 Å². The monoisotopic (exact) mass is 153 g/mol. The van der Waals surface area contributed by atoms with Gasteiger partial charge in [0.1, 0.15) is 0 Å². The van der Waals surface area contributed by atoms with Gasteiger partial charge in [-0.3, -0.25) is 0 Å². The molecule has 3 heteroatoms. The standard InChI is InChI=1S/C6H4NPS/c1-2-8-3-6-5(1)7-4-9-6/h1-4H. The normalized spacial score (nSPS) is 11.1. The third kappa shape index (κ3) is 0.846. The lowest BCUT2D eigenvalue weighted by Crippen LogP contribution is -1.57. The molecule has 2 aromatic heterocycles. The first kappa shape index (κ1) is 5.33. The van der Waals surface area contributed by atoms with Crippen LogP contribution in [0.4, 0.5) is 0 Å². The van der Waals surface area contributed by atoms with Gasteiger partial charge in [0.2, 0.25) is 0 Å². The Morgan fingerprint density at radius 2 is 2.56 bits per heavy atom. The Morgan fingerprint density at radius 3 is 3.44 bits per heavy atom. The fraction of sp³-hybridized carbons (Fsp3) is 0. The van der Waals surface area contributed by atoms with Crippen LogP contribution in [0.3, 0.4) is 0 Å². The van der Waals surface area contributed by atoms with Gasteiger partial charge in [0.15, 0.2) is 0 Å². The van der Waals surface area contributed by atoms with E-state index >= 15 is 0 Å². The summed E-state index contributed by atoms with van der Waals surface area (Å²) in [6.07, 6.45) is 0. The smallest absolute Gasteiger partial charge is 0.0819 e. The maximum atomic E-state index is 4.15. The number of aromatic nitrogens is 1. The quantitative estimate of drug-likeness (QED) is 0.567. The molecule has 0 saturated heterocycles. The van der Waals surface area contributed by atoms with Gasteiger partial charge < -0.3 is 0 Å². The van der Waals surface area contributed by atoms with E-state index in [0.29, 0.717) is 0 Å². The van der Waals surface area contributed by atoms with Gasteiger partial charge in [0, 0.05) is 0 Å². The number of fused-ring (bicyclic) bond motifs is 1. The number of thiazole rings is 1. The maximum Gasteiger partial charge on any atom is 0.0819 e. The molecule has 1 nitrogen and oxygen atoms in total. The lowest BCUT2D eigenvalue weighted by molar-refractivity contribution is 1.51. The Bertz CT molecular complexity index is 287. The van der Waals surface area contributed by atoms with Gasteiger partial charge in [-0.1, -0.05) is 8.19 Å². The molecule has 2 rings (SSSR count). The minimum Gasteiger partial charge on any atom is -0.245 e. The minimum absolute atomic E-state index is 1.12. The second-order valence-corrected chi connectivity index (χ2v) is 3.44. The summed E-state index contributed by atoms with van der Waals surface area (Å²) in [7, 11) is 1.28. The van der Waals surface area contributed by atoms with Crippen LogP contribution in [0.15, 0.2) is 23.2 Å². The Labute approximate surface area is 58.5 Å². The van der Waals surface area contributed by atoms with Crippen LogP contribution in [-0.2, 0) is 0 Å². The average molecular weight is 153 g/mol. The summed E-state index contributed by atoms with van der Waals surface area (Å²) in [6.45, 7) is 0. The predicted molar refractivity (Wildman–Crippen MR) is 42.1 cm³/mol. The third-order valence-corrected chi connectivity index (χ3v) is 2.83. The fourth-order valence-corrected chi connectivity index (χ4v) is 2.24. The number of hydrogen-bond donors (Lipinski definition) is 0. The summed E-state index contributed by atoms with van der Waals surface area (Å²) in [6, 6.07) is 2.06. The highest BCUT2D eigenvalue weighted by Gasteiger charge is 1.90. The molecule has 2 heterocycles. The summed E-state index contributed by atoms with van der Waals surface area (Å²) in [5.74, 6) is 4.27. The van der Waals surface area contributed by atoms with Crippen LogP contribution < -0.4 is 0 Å². The molecular weight excluding hydrogens is 149 g/mol. The van der Waals surface area contributed by atoms with Gasteiger partial charge in [-0.15, -0.1) is 11.3 Å². The van der Waals surface area contributed by atoms with Gasteiger partial charge in [0.25, 0.3) is 0 Å². The molecule has 0 radical (unpaired) electrons. The van der Waals surface area contributed by atoms with E-state index in [1.807, 2.05) is 5.51 Å². The molecule has 0 aliphatic carbocycles. The summed E-state index contributed by atoms with van der Waals surface area (Å²) in [4.78, 5) is 4.15. The van der Waals surface area contributed by atoms with Crippen molar-refractivity contribution in [3.05, 3.63) is 23.2 Å². The van der Waals surface area contributed by atoms with Crippen molar-refractivity contribution in [2.75, 3.05) is 0 Å². The van der Waals surface area contributed by atoms with E-state index in [0.717, 1.165) is 5.52 Å². The molecule has 0 N–H and O–H groups in total. The molecule has 0 atom stereocenters. The Kier molecular flexibility index (Phi) is 1.22. The summed E-state index contributed by atoms with van der Waals surface area (Å²) in [5.41, 5.74) is 3.01. The average Bonchev–Trinajstić information content (AvgIpc) is 2.33. The van der Waals surface area contributed by atoms with E-state index in [1.165, 1.54) is 12.9 Å². The zero-order valence-corrected chi connectivity index (χ0v) is 6.32. The lowest BCUT2D eigenvalue weighted by atomic mass is 10.5. The highest BCUT2D eigenvalue weighted by molar-refractivity contribution is 7.30. The molecule has 2 aromatic rings. The molecule has 9 heavy (non-hydrogen) atoms. The third-order valence-electron chi connectivity index (χ3n) is 1.13. The zero-order chi connectivity index (χ0) is 6.10. The predicted octanol–water partition coefficient (Wildman–Crippen LogP) is 2.88. The second-order valence-electron chi connectivity index (χ2n) is 1.70. The lowest BCUT2D eigenvalue weighted by Gasteiger charge is -1.79. The molecule has 0 aliphatic heterocycles. The molecule has 0 saturated carbocycles. The first-order valence-electron chi connectivity index (χ1n) is 2.60. The van der Waals surface area contributed by atoms with Crippen LogP contribution >= 0.6 is 19.5 Å². The minimum atomic E-state index is 1.12. The van der Waals surface area contributed by atoms with Gasteiger partial charge in [-0.25, -0.2) is 4.98 Å². The summed E-state index contributed by atoms with van der Waals surface area (Å²) < 4.78 is 1.30. The second kappa shape index (κ2) is 2.05. The van der Waals surface area contributed by atoms with Gasteiger partial charge in [-0.05, 0) is 17.7 Å². The molecule has 0 amide bonds. The Morgan fingerprint density at radius 1 is 1.56 bits per heavy atom. The molecule has 44 valence electrons. The molecular formula is C6H4NPS. The summed E-state index contributed by atoms with van der Waals surface area (Å²) in [5, 5.41) is 0. The van der Waals surface area contributed by atoms with E-state index in [-0.39, 0.29) is 0 Å². The van der Waals surface area contributed by atoms with Crippen molar-refractivity contribution in [2.45, 2.75) is 0 Å². The Balaban J connectivity index is 2.95. The summed E-state index contributed by atoms with van der Waals surface area (Å²) >= 11 is 1.70. The number of nitrogens with zero attached hydrogens (tertiary/aromatic N) is 1. The number of rotatable bonds is 0. The Hall–Kier alpha value is -0.460. The van der Waals surface area contributed by atoms with Gasteiger partial charge >= 0.3 is 0 Å². The SMILES string of the molecule is c1cc2ncsc2cp1. The fourth-order valence-electron chi connectivity index (χ4n) is 0.710. The van der Waals surface area contributed by atoms with Crippen molar-refractivity contribution in [3.8, 4) is 0 Å². The van der Waals surface area contributed by atoms with Crippen molar-refractivity contribution in [1.82, 2.24) is 4.98 Å². The topological polar surface area (TPSA) is 12.9 Å². The first-order valence-corrected chi connectivity index (χ1v) is 4.51. The first-order chi connectivity index (χ1) is 4.47. The van der Waals surface area contributed by atoms with Crippen molar-refractivity contribution < 1.29 is 0 Å². The zero-order valence-electron chi connectivity index (χ0n) is 4.61. The molecule has 0 aromatic carbocycles. The highest BCUT2D eigenvalue weighted by Crippen LogP contribution is 2.20. The van der Waals surface area contributed by atoms with Crippen molar-refractivity contribution in [3.63, 3.8) is 0 Å². The maximum absolute atomic E-state index is 4.15. The van der Waals surface area contributed by atoms with Crippen molar-refractivity contribution >= 4 is 29.7 Å². The van der Waals surface area contributed by atoms with Gasteiger partial charge in [0.05, 0.1) is 15.7 Å². The van der Waals surface area contributed by atoms with E-state index in [1.54, 1.807) is 11.3 Å².